The van der Waals surface area contributed by atoms with E-state index in [9.17, 15) is 17.6 Å². The lowest BCUT2D eigenvalue weighted by atomic mass is 10.2. The second-order valence-corrected chi connectivity index (χ2v) is 5.69. The minimum Gasteiger partial charge on any atom is -0.357 e. The number of hydrogen-bond acceptors (Lipinski definition) is 3. The average Bonchev–Trinajstić information content (AvgIpc) is 2.26. The molecule has 1 rings (SSSR count). The summed E-state index contributed by atoms with van der Waals surface area (Å²) in [4.78, 5) is 11.5. The highest BCUT2D eigenvalue weighted by Gasteiger charge is 2.28. The molecular formula is C11H15FN2O3S. The number of nitrogens with zero attached hydrogens (tertiary/aromatic N) is 1. The summed E-state index contributed by atoms with van der Waals surface area (Å²) in [6.07, 6.45) is 0.970. The topological polar surface area (TPSA) is 66.5 Å². The van der Waals surface area contributed by atoms with Crippen molar-refractivity contribution < 1.29 is 17.6 Å². The molecule has 1 unspecified atom stereocenters. The number of carbonyl (C=O) groups is 1. The van der Waals surface area contributed by atoms with E-state index in [4.69, 9.17) is 0 Å². The molecule has 0 heterocycles. The fourth-order valence-electron chi connectivity index (χ4n) is 1.63. The fourth-order valence-corrected chi connectivity index (χ4v) is 2.80. The van der Waals surface area contributed by atoms with Gasteiger partial charge in [0.15, 0.2) is 0 Å². The number of nitrogens with one attached hydrogen (secondary N) is 1. The molecule has 1 amide bonds. The number of likely N-dealkylation sites (N-methyl/N-ethyl adjacent to an activating group) is 1. The molecule has 0 saturated heterocycles. The molecule has 0 bridgehead atoms. The molecule has 1 N–H and O–H groups in total. The van der Waals surface area contributed by atoms with Crippen LogP contribution in [-0.4, -0.2) is 33.7 Å². The van der Waals surface area contributed by atoms with Gasteiger partial charge in [-0.15, -0.1) is 0 Å². The number of halogens is 1. The number of hydrogen-bond donors (Lipinski definition) is 1. The van der Waals surface area contributed by atoms with Gasteiger partial charge in [-0.25, -0.2) is 12.8 Å². The van der Waals surface area contributed by atoms with E-state index < -0.39 is 27.8 Å². The van der Waals surface area contributed by atoms with Crippen LogP contribution in [-0.2, 0) is 14.8 Å². The Balaban J connectivity index is 3.27. The van der Waals surface area contributed by atoms with Crippen LogP contribution in [0.4, 0.5) is 10.1 Å². The highest BCUT2D eigenvalue weighted by atomic mass is 32.2. The summed E-state index contributed by atoms with van der Waals surface area (Å²) < 4.78 is 37.5. The molecule has 0 aliphatic heterocycles. The summed E-state index contributed by atoms with van der Waals surface area (Å²) in [7, 11) is -2.28. The summed E-state index contributed by atoms with van der Waals surface area (Å²) >= 11 is 0. The first-order valence-electron chi connectivity index (χ1n) is 5.24. The minimum atomic E-state index is -3.68. The van der Waals surface area contributed by atoms with Crippen molar-refractivity contribution in [1.29, 1.82) is 0 Å². The summed E-state index contributed by atoms with van der Waals surface area (Å²) in [5.74, 6) is -1.03. The lowest BCUT2D eigenvalue weighted by Crippen LogP contribution is -2.47. The third-order valence-electron chi connectivity index (χ3n) is 2.40. The summed E-state index contributed by atoms with van der Waals surface area (Å²) in [6, 6.07) is 4.14. The number of amides is 1. The highest BCUT2D eigenvalue weighted by molar-refractivity contribution is 7.92. The Morgan fingerprint density at radius 1 is 1.44 bits per heavy atom. The van der Waals surface area contributed by atoms with Crippen molar-refractivity contribution >= 4 is 21.6 Å². The zero-order chi connectivity index (χ0) is 13.9. The molecule has 7 heteroatoms. The van der Waals surface area contributed by atoms with Crippen molar-refractivity contribution in [3.05, 3.63) is 30.1 Å². The van der Waals surface area contributed by atoms with Crippen LogP contribution in [0.5, 0.6) is 0 Å². The molecule has 0 spiro atoms. The Kier molecular flexibility index (Phi) is 4.28. The largest absolute Gasteiger partial charge is 0.357 e. The Labute approximate surface area is 106 Å². The van der Waals surface area contributed by atoms with Crippen molar-refractivity contribution in [2.45, 2.75) is 13.0 Å². The van der Waals surface area contributed by atoms with E-state index in [1.165, 1.54) is 32.2 Å². The van der Waals surface area contributed by atoms with E-state index >= 15 is 0 Å². The van der Waals surface area contributed by atoms with Gasteiger partial charge in [0.1, 0.15) is 11.9 Å². The van der Waals surface area contributed by atoms with Gasteiger partial charge >= 0.3 is 0 Å². The highest BCUT2D eigenvalue weighted by Crippen LogP contribution is 2.21. The standard InChI is InChI=1S/C11H15FN2O3S/c1-8(11(15)13-2)14(18(3,16)17)10-6-4-5-9(12)7-10/h4-8H,1-3H3,(H,13,15). The normalized spacial score (nSPS) is 12.9. The molecule has 0 aliphatic rings. The first kappa shape index (κ1) is 14.4. The van der Waals surface area contributed by atoms with E-state index in [2.05, 4.69) is 5.32 Å². The Hall–Kier alpha value is -1.63. The Bertz CT molecular complexity index is 545. The first-order valence-corrected chi connectivity index (χ1v) is 7.08. The minimum absolute atomic E-state index is 0.119. The second-order valence-electron chi connectivity index (χ2n) is 3.83. The van der Waals surface area contributed by atoms with Gasteiger partial charge in [-0.1, -0.05) is 6.07 Å². The molecule has 0 aromatic heterocycles. The quantitative estimate of drug-likeness (QED) is 0.880. The van der Waals surface area contributed by atoms with Crippen LogP contribution in [0.25, 0.3) is 0 Å². The maximum Gasteiger partial charge on any atom is 0.243 e. The van der Waals surface area contributed by atoms with E-state index in [0.29, 0.717) is 0 Å². The van der Waals surface area contributed by atoms with Gasteiger partial charge in [0, 0.05) is 7.05 Å². The van der Waals surface area contributed by atoms with Crippen LogP contribution in [0.1, 0.15) is 6.92 Å². The Morgan fingerprint density at radius 2 is 2.06 bits per heavy atom. The van der Waals surface area contributed by atoms with Gasteiger partial charge in [0.2, 0.25) is 15.9 Å². The first-order chi connectivity index (χ1) is 8.27. The maximum atomic E-state index is 13.1. The molecule has 5 nitrogen and oxygen atoms in total. The smallest absolute Gasteiger partial charge is 0.243 e. The predicted octanol–water partition coefficient (Wildman–Crippen LogP) is 0.726. The molecule has 1 aromatic rings. The molecule has 100 valence electrons. The molecule has 18 heavy (non-hydrogen) atoms. The Morgan fingerprint density at radius 3 is 2.50 bits per heavy atom. The maximum absolute atomic E-state index is 13.1. The number of sulfonamides is 1. The van der Waals surface area contributed by atoms with Crippen LogP contribution < -0.4 is 9.62 Å². The summed E-state index contributed by atoms with van der Waals surface area (Å²) in [5.41, 5.74) is 0.119. The number of rotatable bonds is 4. The van der Waals surface area contributed by atoms with Gasteiger partial charge in [-0.05, 0) is 25.1 Å². The second kappa shape index (κ2) is 5.34. The summed E-state index contributed by atoms with van der Waals surface area (Å²) in [6.45, 7) is 1.44. The third kappa shape index (κ3) is 3.19. The SMILES string of the molecule is CNC(=O)C(C)N(c1cccc(F)c1)S(C)(=O)=O. The van der Waals surface area contributed by atoms with E-state index in [1.54, 1.807) is 0 Å². The van der Waals surface area contributed by atoms with E-state index in [1.807, 2.05) is 0 Å². The van der Waals surface area contributed by atoms with Crippen LogP contribution >= 0.6 is 0 Å². The van der Waals surface area contributed by atoms with Gasteiger partial charge in [-0.2, -0.15) is 0 Å². The average molecular weight is 274 g/mol. The van der Waals surface area contributed by atoms with E-state index in [0.717, 1.165) is 16.6 Å². The van der Waals surface area contributed by atoms with Gasteiger partial charge in [0.05, 0.1) is 11.9 Å². The molecule has 0 fully saturated rings. The van der Waals surface area contributed by atoms with Crippen molar-refractivity contribution in [1.82, 2.24) is 5.32 Å². The molecule has 1 atom stereocenters. The monoisotopic (exact) mass is 274 g/mol. The zero-order valence-corrected chi connectivity index (χ0v) is 11.2. The van der Waals surface area contributed by atoms with Crippen LogP contribution in [0.15, 0.2) is 24.3 Å². The molecule has 0 saturated carbocycles. The zero-order valence-electron chi connectivity index (χ0n) is 10.3. The van der Waals surface area contributed by atoms with Crippen LogP contribution in [0, 0.1) is 5.82 Å². The number of anilines is 1. The van der Waals surface area contributed by atoms with Gasteiger partial charge in [-0.3, -0.25) is 9.10 Å². The number of benzene rings is 1. The molecule has 0 radical (unpaired) electrons. The lowest BCUT2D eigenvalue weighted by molar-refractivity contribution is -0.121. The lowest BCUT2D eigenvalue weighted by Gasteiger charge is -2.27. The summed E-state index contributed by atoms with van der Waals surface area (Å²) in [5, 5.41) is 2.36. The third-order valence-corrected chi connectivity index (χ3v) is 3.64. The van der Waals surface area contributed by atoms with Crippen molar-refractivity contribution in [2.24, 2.45) is 0 Å². The van der Waals surface area contributed by atoms with Crippen LogP contribution in [0.3, 0.4) is 0 Å². The van der Waals surface area contributed by atoms with Crippen molar-refractivity contribution in [3.63, 3.8) is 0 Å². The van der Waals surface area contributed by atoms with Gasteiger partial charge < -0.3 is 5.32 Å². The molecule has 0 aliphatic carbocycles. The fraction of sp³-hybridized carbons (Fsp3) is 0.364. The van der Waals surface area contributed by atoms with Crippen LogP contribution in [0.2, 0.25) is 0 Å². The molecule has 1 aromatic carbocycles. The predicted molar refractivity (Wildman–Crippen MR) is 67.3 cm³/mol. The van der Waals surface area contributed by atoms with Gasteiger partial charge in [0.25, 0.3) is 0 Å². The number of carbonyl (C=O) groups excluding carboxylic acids is 1. The molecular weight excluding hydrogens is 259 g/mol. The van der Waals surface area contributed by atoms with E-state index in [-0.39, 0.29) is 5.69 Å². The van der Waals surface area contributed by atoms with Crippen molar-refractivity contribution in [3.8, 4) is 0 Å². The van der Waals surface area contributed by atoms with Crippen molar-refractivity contribution in [2.75, 3.05) is 17.6 Å².